The molecule has 5 aromatic rings. The van der Waals surface area contributed by atoms with E-state index in [1.165, 1.54) is 35.5 Å². The third-order valence-electron chi connectivity index (χ3n) is 5.57. The van der Waals surface area contributed by atoms with Gasteiger partial charge in [0.15, 0.2) is 11.6 Å². The zero-order valence-electron chi connectivity index (χ0n) is 17.1. The smallest absolute Gasteiger partial charge is 0.312 e. The fourth-order valence-electron chi connectivity index (χ4n) is 4.02. The Balaban J connectivity index is 1.41. The van der Waals surface area contributed by atoms with Crippen molar-refractivity contribution in [1.29, 1.82) is 0 Å². The third-order valence-corrected chi connectivity index (χ3v) is 5.57. The minimum absolute atomic E-state index is 0.113. The quantitative estimate of drug-likeness (QED) is 0.430. The monoisotopic (exact) mass is 466 g/mol. The van der Waals surface area contributed by atoms with Gasteiger partial charge in [-0.2, -0.15) is 0 Å². The first-order valence-electron chi connectivity index (χ1n) is 10.2. The predicted octanol–water partition coefficient (Wildman–Crippen LogP) is 3.81. The zero-order valence-corrected chi connectivity index (χ0v) is 17.1. The first kappa shape index (κ1) is 20.1. The van der Waals surface area contributed by atoms with Crippen LogP contribution in [0.5, 0.6) is 0 Å². The molecule has 0 fully saturated rings. The standard InChI is InChI=1S/C22H13F3N6O3/c23-10-4-5-15-14(8-10)28-20(33-15)18-17-13(26-9-27-17)6-7-31(18)22(32)21-30-29-19(34-21)16-11(24)2-1-3-12(16)25/h1-5,8-9,18H,6-7H2,(H,26,27)/t18-/m0/s1. The summed E-state index contributed by atoms with van der Waals surface area (Å²) in [7, 11) is 0. The SMILES string of the molecule is O=C(c1nnc(-c2c(F)cccc2F)o1)N1CCc2[nH]cnc2[C@H]1c1nc2cc(F)ccc2o1. The van der Waals surface area contributed by atoms with Crippen molar-refractivity contribution < 1.29 is 26.8 Å². The van der Waals surface area contributed by atoms with E-state index in [2.05, 4.69) is 25.1 Å². The molecule has 1 aliphatic heterocycles. The highest BCUT2D eigenvalue weighted by molar-refractivity contribution is 5.90. The van der Waals surface area contributed by atoms with Crippen LogP contribution in [0.1, 0.15) is 34.0 Å². The number of nitrogens with zero attached hydrogens (tertiary/aromatic N) is 5. The predicted molar refractivity (Wildman–Crippen MR) is 109 cm³/mol. The second-order valence-corrected chi connectivity index (χ2v) is 7.59. The highest BCUT2D eigenvalue weighted by atomic mass is 19.1. The van der Waals surface area contributed by atoms with Crippen molar-refractivity contribution in [3.8, 4) is 11.5 Å². The van der Waals surface area contributed by atoms with Gasteiger partial charge in [-0.3, -0.25) is 4.79 Å². The van der Waals surface area contributed by atoms with Crippen LogP contribution >= 0.6 is 0 Å². The van der Waals surface area contributed by atoms with Gasteiger partial charge in [-0.1, -0.05) is 6.07 Å². The third kappa shape index (κ3) is 3.14. The minimum Gasteiger partial charge on any atom is -0.438 e. The number of aromatic nitrogens is 5. The lowest BCUT2D eigenvalue weighted by Gasteiger charge is -2.31. The van der Waals surface area contributed by atoms with Gasteiger partial charge in [0.05, 0.1) is 12.0 Å². The average Bonchev–Trinajstić information content (AvgIpc) is 3.57. The molecule has 1 N–H and O–H groups in total. The molecule has 6 rings (SSSR count). The number of rotatable bonds is 3. The van der Waals surface area contributed by atoms with Gasteiger partial charge in [-0.15, -0.1) is 10.2 Å². The molecule has 0 unspecified atom stereocenters. The molecule has 3 aromatic heterocycles. The molecule has 1 amide bonds. The van der Waals surface area contributed by atoms with Crippen LogP contribution in [0.25, 0.3) is 22.6 Å². The molecule has 0 spiro atoms. The molecule has 0 radical (unpaired) electrons. The largest absolute Gasteiger partial charge is 0.438 e. The van der Waals surface area contributed by atoms with Crippen LogP contribution in [0.15, 0.2) is 51.6 Å². The number of amides is 1. The topological polar surface area (TPSA) is 114 Å². The first-order chi connectivity index (χ1) is 16.5. The summed E-state index contributed by atoms with van der Waals surface area (Å²) in [5, 5.41) is 7.36. The van der Waals surface area contributed by atoms with Crippen LogP contribution < -0.4 is 0 Å². The van der Waals surface area contributed by atoms with Gasteiger partial charge >= 0.3 is 11.8 Å². The number of H-pyrrole nitrogens is 1. The van der Waals surface area contributed by atoms with Crippen molar-refractivity contribution in [2.75, 3.05) is 6.54 Å². The molecule has 170 valence electrons. The van der Waals surface area contributed by atoms with Crippen LogP contribution in [0.2, 0.25) is 0 Å². The zero-order chi connectivity index (χ0) is 23.4. The van der Waals surface area contributed by atoms with Crippen molar-refractivity contribution in [3.05, 3.63) is 83.3 Å². The normalized spacial score (nSPS) is 15.6. The van der Waals surface area contributed by atoms with Gasteiger partial charge in [0.25, 0.3) is 5.89 Å². The number of nitrogens with one attached hydrogen (secondary N) is 1. The van der Waals surface area contributed by atoms with E-state index in [4.69, 9.17) is 8.83 Å². The molecule has 34 heavy (non-hydrogen) atoms. The van der Waals surface area contributed by atoms with E-state index in [9.17, 15) is 18.0 Å². The number of hydrogen-bond donors (Lipinski definition) is 1. The van der Waals surface area contributed by atoms with E-state index in [0.29, 0.717) is 17.7 Å². The molecule has 1 aliphatic rings. The molecule has 12 heteroatoms. The Bertz CT molecular complexity index is 1540. The summed E-state index contributed by atoms with van der Waals surface area (Å²) in [4.78, 5) is 26.4. The number of hydrogen-bond acceptors (Lipinski definition) is 7. The van der Waals surface area contributed by atoms with E-state index in [0.717, 1.165) is 17.8 Å². The minimum atomic E-state index is -0.904. The molecule has 0 bridgehead atoms. The van der Waals surface area contributed by atoms with Crippen molar-refractivity contribution >= 4 is 17.0 Å². The molecular weight excluding hydrogens is 453 g/mol. The Kier molecular flexibility index (Phi) is 4.47. The van der Waals surface area contributed by atoms with Gasteiger partial charge < -0.3 is 18.7 Å². The summed E-state index contributed by atoms with van der Waals surface area (Å²) in [6.45, 7) is 0.206. The van der Waals surface area contributed by atoms with E-state index in [1.807, 2.05) is 0 Å². The van der Waals surface area contributed by atoms with Crippen LogP contribution in [-0.2, 0) is 6.42 Å². The molecule has 0 aliphatic carbocycles. The summed E-state index contributed by atoms with van der Waals surface area (Å²) in [6.07, 6.45) is 1.93. The maximum atomic E-state index is 14.1. The fourth-order valence-corrected chi connectivity index (χ4v) is 4.02. The fraction of sp³-hybridized carbons (Fsp3) is 0.136. The van der Waals surface area contributed by atoms with Gasteiger partial charge in [-0.05, 0) is 24.3 Å². The van der Waals surface area contributed by atoms with E-state index in [1.54, 1.807) is 0 Å². The van der Waals surface area contributed by atoms with Crippen molar-refractivity contribution in [1.82, 2.24) is 30.0 Å². The van der Waals surface area contributed by atoms with Gasteiger partial charge in [0.2, 0.25) is 5.89 Å². The first-order valence-corrected chi connectivity index (χ1v) is 10.2. The molecule has 2 aromatic carbocycles. The summed E-state index contributed by atoms with van der Waals surface area (Å²) >= 11 is 0. The number of oxazole rings is 1. The molecular formula is C22H13F3N6O3. The van der Waals surface area contributed by atoms with Crippen LogP contribution in [-0.4, -0.2) is 42.5 Å². The summed E-state index contributed by atoms with van der Waals surface area (Å²) in [6, 6.07) is 6.30. The Morgan fingerprint density at radius 3 is 2.74 bits per heavy atom. The second kappa shape index (κ2) is 7.54. The van der Waals surface area contributed by atoms with E-state index in [-0.39, 0.29) is 18.0 Å². The van der Waals surface area contributed by atoms with Crippen LogP contribution in [0.4, 0.5) is 13.2 Å². The molecule has 0 saturated heterocycles. The molecule has 1 atom stereocenters. The van der Waals surface area contributed by atoms with E-state index >= 15 is 0 Å². The molecule has 9 nitrogen and oxygen atoms in total. The Morgan fingerprint density at radius 2 is 1.91 bits per heavy atom. The molecule has 0 saturated carbocycles. The number of aromatic amines is 1. The van der Waals surface area contributed by atoms with Crippen molar-refractivity contribution in [3.63, 3.8) is 0 Å². The maximum Gasteiger partial charge on any atom is 0.312 e. The maximum absolute atomic E-state index is 14.1. The number of halogens is 3. The van der Waals surface area contributed by atoms with Gasteiger partial charge in [-0.25, -0.2) is 23.1 Å². The van der Waals surface area contributed by atoms with Crippen molar-refractivity contribution in [2.45, 2.75) is 12.5 Å². The average molecular weight is 466 g/mol. The van der Waals surface area contributed by atoms with Gasteiger partial charge in [0.1, 0.15) is 28.5 Å². The van der Waals surface area contributed by atoms with Crippen LogP contribution in [0.3, 0.4) is 0 Å². The number of benzene rings is 2. The highest BCUT2D eigenvalue weighted by Crippen LogP contribution is 2.36. The Labute approximate surface area is 188 Å². The summed E-state index contributed by atoms with van der Waals surface area (Å²) in [5.74, 6) is -3.82. The number of carbonyl (C=O) groups excluding carboxylic acids is 1. The van der Waals surface area contributed by atoms with Gasteiger partial charge in [0, 0.05) is 24.7 Å². The summed E-state index contributed by atoms with van der Waals surface area (Å²) < 4.78 is 53.1. The summed E-state index contributed by atoms with van der Waals surface area (Å²) in [5.41, 5.74) is 1.36. The Hall–Kier alpha value is -4.48. The van der Waals surface area contributed by atoms with Crippen molar-refractivity contribution in [2.24, 2.45) is 0 Å². The lowest BCUT2D eigenvalue weighted by atomic mass is 10.0. The molecule has 4 heterocycles. The lowest BCUT2D eigenvalue weighted by Crippen LogP contribution is -2.41. The number of imidazole rings is 1. The lowest BCUT2D eigenvalue weighted by molar-refractivity contribution is 0.0627. The van der Waals surface area contributed by atoms with E-state index < -0.39 is 46.7 Å². The number of fused-ring (bicyclic) bond motifs is 2. The number of carbonyl (C=O) groups is 1. The van der Waals surface area contributed by atoms with Crippen LogP contribution in [0, 0.1) is 17.5 Å². The second-order valence-electron chi connectivity index (χ2n) is 7.59. The highest BCUT2D eigenvalue weighted by Gasteiger charge is 2.39. The Morgan fingerprint density at radius 1 is 1.09 bits per heavy atom.